The van der Waals surface area contributed by atoms with E-state index >= 15 is 0 Å². The maximum absolute atomic E-state index is 10.1. The molecule has 0 aliphatic carbocycles. The molecule has 0 saturated heterocycles. The third-order valence-corrected chi connectivity index (χ3v) is 4.45. The third-order valence-electron chi connectivity index (χ3n) is 4.45. The Balaban J connectivity index is 1.96. The van der Waals surface area contributed by atoms with E-state index in [-0.39, 0.29) is 6.04 Å². The van der Waals surface area contributed by atoms with Crippen LogP contribution in [0.15, 0.2) is 4.99 Å². The number of aliphatic imine (C=N–C) groups is 1. The molecule has 0 amide bonds. The molecule has 1 aliphatic rings. The summed E-state index contributed by atoms with van der Waals surface area (Å²) in [5.74, 6) is 3.21. The number of nitrogens with zero attached hydrogens (tertiary/aromatic N) is 4. The molecule has 0 spiro atoms. The van der Waals surface area contributed by atoms with E-state index in [1.54, 1.807) is 7.05 Å². The van der Waals surface area contributed by atoms with Gasteiger partial charge in [-0.3, -0.25) is 4.99 Å². The van der Waals surface area contributed by atoms with Crippen molar-refractivity contribution in [3.05, 3.63) is 11.6 Å². The summed E-state index contributed by atoms with van der Waals surface area (Å²) in [5, 5.41) is 25.4. The molecular formula is C16H30N6O. The van der Waals surface area contributed by atoms with Crippen LogP contribution in [0.5, 0.6) is 0 Å². The molecule has 3 N–H and O–H groups in total. The van der Waals surface area contributed by atoms with Gasteiger partial charge < -0.3 is 20.3 Å². The largest absolute Gasteiger partial charge is 0.388 e. The number of nitrogens with one attached hydrogen (secondary N) is 2. The van der Waals surface area contributed by atoms with Crippen LogP contribution in [-0.4, -0.2) is 51.1 Å². The normalized spacial score (nSPS) is 21.0. The van der Waals surface area contributed by atoms with Gasteiger partial charge in [0.25, 0.3) is 0 Å². The van der Waals surface area contributed by atoms with Crippen molar-refractivity contribution in [1.29, 1.82) is 0 Å². The Morgan fingerprint density at radius 3 is 2.83 bits per heavy atom. The minimum Gasteiger partial charge on any atom is -0.388 e. The van der Waals surface area contributed by atoms with Crippen LogP contribution in [0.3, 0.4) is 0 Å². The van der Waals surface area contributed by atoms with Crippen LogP contribution >= 0.6 is 0 Å². The number of aromatic nitrogens is 3. The number of hydrogen-bond acceptors (Lipinski definition) is 4. The molecule has 1 aromatic heterocycles. The first kappa shape index (κ1) is 17.7. The highest BCUT2D eigenvalue weighted by Crippen LogP contribution is 2.20. The molecule has 0 saturated carbocycles. The molecular weight excluding hydrogens is 292 g/mol. The molecule has 7 heteroatoms. The fourth-order valence-electron chi connectivity index (χ4n) is 2.68. The van der Waals surface area contributed by atoms with E-state index in [1.165, 1.54) is 0 Å². The summed E-state index contributed by atoms with van der Waals surface area (Å²) in [4.78, 5) is 4.26. The summed E-state index contributed by atoms with van der Waals surface area (Å²) in [5.41, 5.74) is -0.726. The van der Waals surface area contributed by atoms with Gasteiger partial charge >= 0.3 is 0 Å². The SMILES string of the molecule is CCC(C)(O)CNC(=NC)NC1CCc2nnc(C(C)C)n2C1. The van der Waals surface area contributed by atoms with Crippen LogP contribution in [0, 0.1) is 0 Å². The van der Waals surface area contributed by atoms with Gasteiger partial charge in [-0.2, -0.15) is 0 Å². The van der Waals surface area contributed by atoms with E-state index in [9.17, 15) is 5.11 Å². The summed E-state index contributed by atoms with van der Waals surface area (Å²) in [6, 6.07) is 0.286. The third kappa shape index (κ3) is 4.43. The summed E-state index contributed by atoms with van der Waals surface area (Å²) >= 11 is 0. The van der Waals surface area contributed by atoms with Gasteiger partial charge in [0.05, 0.1) is 5.60 Å². The molecule has 0 bridgehead atoms. The minimum atomic E-state index is -0.726. The van der Waals surface area contributed by atoms with Gasteiger partial charge in [-0.15, -0.1) is 10.2 Å². The quantitative estimate of drug-likeness (QED) is 0.557. The molecule has 1 aromatic rings. The number of rotatable bonds is 5. The topological polar surface area (TPSA) is 87.4 Å². The molecule has 0 radical (unpaired) electrons. The molecule has 23 heavy (non-hydrogen) atoms. The molecule has 2 atom stereocenters. The van der Waals surface area contributed by atoms with Crippen molar-refractivity contribution in [2.45, 2.75) is 71.1 Å². The van der Waals surface area contributed by atoms with Crippen LogP contribution in [0.4, 0.5) is 0 Å². The fraction of sp³-hybridized carbons (Fsp3) is 0.812. The number of fused-ring (bicyclic) bond motifs is 1. The molecule has 2 heterocycles. The van der Waals surface area contributed by atoms with Crippen LogP contribution in [0.25, 0.3) is 0 Å². The van der Waals surface area contributed by atoms with Gasteiger partial charge in [0.1, 0.15) is 11.6 Å². The molecule has 2 unspecified atom stereocenters. The number of aryl methyl sites for hydroxylation is 1. The summed E-state index contributed by atoms with van der Waals surface area (Å²) in [6.07, 6.45) is 2.62. The average molecular weight is 322 g/mol. The summed E-state index contributed by atoms with van der Waals surface area (Å²) in [6.45, 7) is 9.40. The van der Waals surface area contributed by atoms with Crippen LogP contribution in [0.1, 0.15) is 58.1 Å². The van der Waals surface area contributed by atoms with E-state index in [1.807, 2.05) is 13.8 Å². The first-order valence-electron chi connectivity index (χ1n) is 8.47. The number of guanidine groups is 1. The summed E-state index contributed by atoms with van der Waals surface area (Å²) in [7, 11) is 1.75. The monoisotopic (exact) mass is 322 g/mol. The number of aliphatic hydroxyl groups is 1. The van der Waals surface area contributed by atoms with Gasteiger partial charge in [-0.25, -0.2) is 0 Å². The van der Waals surface area contributed by atoms with Gasteiger partial charge in [-0.05, 0) is 19.8 Å². The van der Waals surface area contributed by atoms with E-state index in [0.29, 0.717) is 18.9 Å². The molecule has 0 fully saturated rings. The highest BCUT2D eigenvalue weighted by Gasteiger charge is 2.25. The van der Waals surface area contributed by atoms with E-state index in [2.05, 4.69) is 44.2 Å². The van der Waals surface area contributed by atoms with Crippen LogP contribution in [0.2, 0.25) is 0 Å². The lowest BCUT2D eigenvalue weighted by Crippen LogP contribution is -2.50. The lowest BCUT2D eigenvalue weighted by Gasteiger charge is -2.29. The van der Waals surface area contributed by atoms with Crippen molar-refractivity contribution in [2.75, 3.05) is 13.6 Å². The van der Waals surface area contributed by atoms with Gasteiger partial charge in [0.15, 0.2) is 5.96 Å². The van der Waals surface area contributed by atoms with Crippen molar-refractivity contribution in [3.8, 4) is 0 Å². The van der Waals surface area contributed by atoms with Crippen molar-refractivity contribution in [2.24, 2.45) is 4.99 Å². The lowest BCUT2D eigenvalue weighted by atomic mass is 10.0. The Hall–Kier alpha value is -1.63. The molecule has 130 valence electrons. The lowest BCUT2D eigenvalue weighted by molar-refractivity contribution is 0.0603. The van der Waals surface area contributed by atoms with Crippen LogP contribution in [-0.2, 0) is 13.0 Å². The van der Waals surface area contributed by atoms with Gasteiger partial charge in [0.2, 0.25) is 0 Å². The van der Waals surface area contributed by atoms with Gasteiger partial charge in [-0.1, -0.05) is 20.8 Å². The molecule has 2 rings (SSSR count). The first-order valence-corrected chi connectivity index (χ1v) is 8.47. The average Bonchev–Trinajstić information content (AvgIpc) is 2.94. The predicted octanol–water partition coefficient (Wildman–Crippen LogP) is 1.04. The zero-order valence-electron chi connectivity index (χ0n) is 14.9. The molecule has 0 aromatic carbocycles. The highest BCUT2D eigenvalue weighted by molar-refractivity contribution is 5.80. The Morgan fingerprint density at radius 2 is 2.22 bits per heavy atom. The van der Waals surface area contributed by atoms with E-state index in [0.717, 1.165) is 37.0 Å². The zero-order valence-corrected chi connectivity index (χ0v) is 14.9. The Labute approximate surface area is 138 Å². The second-order valence-electron chi connectivity index (χ2n) is 6.90. The predicted molar refractivity (Wildman–Crippen MR) is 91.6 cm³/mol. The highest BCUT2D eigenvalue weighted by atomic mass is 16.3. The van der Waals surface area contributed by atoms with Crippen molar-refractivity contribution < 1.29 is 5.11 Å². The second kappa shape index (κ2) is 7.29. The van der Waals surface area contributed by atoms with Crippen molar-refractivity contribution >= 4 is 5.96 Å². The molecule has 7 nitrogen and oxygen atoms in total. The zero-order chi connectivity index (χ0) is 17.0. The van der Waals surface area contributed by atoms with Gasteiger partial charge in [0, 0.05) is 38.5 Å². The van der Waals surface area contributed by atoms with Crippen molar-refractivity contribution in [3.63, 3.8) is 0 Å². The maximum Gasteiger partial charge on any atom is 0.191 e. The maximum atomic E-state index is 10.1. The standard InChI is InChI=1S/C16H30N6O/c1-6-16(4,23)10-18-15(17-5)19-12-7-8-13-20-21-14(11(2)3)22(13)9-12/h11-12,23H,6-10H2,1-5H3,(H2,17,18,19). The second-order valence-corrected chi connectivity index (χ2v) is 6.90. The summed E-state index contributed by atoms with van der Waals surface area (Å²) < 4.78 is 2.22. The minimum absolute atomic E-state index is 0.286. The Morgan fingerprint density at radius 1 is 1.48 bits per heavy atom. The number of hydrogen-bond donors (Lipinski definition) is 3. The van der Waals surface area contributed by atoms with Crippen molar-refractivity contribution in [1.82, 2.24) is 25.4 Å². The fourth-order valence-corrected chi connectivity index (χ4v) is 2.68. The Kier molecular flexibility index (Phi) is 5.62. The van der Waals surface area contributed by atoms with E-state index in [4.69, 9.17) is 0 Å². The van der Waals surface area contributed by atoms with Crippen LogP contribution < -0.4 is 10.6 Å². The molecule has 1 aliphatic heterocycles. The Bertz CT molecular complexity index is 549. The smallest absolute Gasteiger partial charge is 0.191 e. The van der Waals surface area contributed by atoms with E-state index < -0.39 is 5.60 Å². The first-order chi connectivity index (χ1) is 10.9.